The first kappa shape index (κ1) is 11.3. The molecule has 0 aromatic heterocycles. The van der Waals surface area contributed by atoms with Gasteiger partial charge in [-0.2, -0.15) is 0 Å². The Kier molecular flexibility index (Phi) is 5.33. The molecule has 0 fully saturated rings. The molecule has 14 heavy (non-hydrogen) atoms. The van der Waals surface area contributed by atoms with Crippen molar-refractivity contribution in [1.82, 2.24) is 0 Å². The van der Waals surface area contributed by atoms with E-state index in [2.05, 4.69) is 0 Å². The Morgan fingerprint density at radius 2 is 2.07 bits per heavy atom. The number of aliphatic hydroxyl groups excluding tert-OH is 1. The quantitative estimate of drug-likeness (QED) is 0.577. The predicted molar refractivity (Wildman–Crippen MR) is 58.5 cm³/mol. The van der Waals surface area contributed by atoms with Crippen molar-refractivity contribution in [2.45, 2.75) is 23.8 Å². The van der Waals surface area contributed by atoms with Gasteiger partial charge < -0.3 is 9.90 Å². The molecule has 0 radical (unpaired) electrons. The Hall–Kier alpha value is -0.800. The summed E-state index contributed by atoms with van der Waals surface area (Å²) in [5.74, 6) is 0.846. The van der Waals surface area contributed by atoms with E-state index in [-0.39, 0.29) is 6.42 Å². The monoisotopic (exact) mass is 210 g/mol. The van der Waals surface area contributed by atoms with Crippen molar-refractivity contribution >= 4 is 18.0 Å². The van der Waals surface area contributed by atoms with Gasteiger partial charge in [0.25, 0.3) is 0 Å². The normalized spacial score (nSPS) is 12.4. The van der Waals surface area contributed by atoms with Crippen LogP contribution in [-0.4, -0.2) is 23.2 Å². The van der Waals surface area contributed by atoms with E-state index in [0.717, 1.165) is 12.0 Å². The topological polar surface area (TPSA) is 37.3 Å². The lowest BCUT2D eigenvalue weighted by molar-refractivity contribution is -0.109. The van der Waals surface area contributed by atoms with Crippen molar-refractivity contribution in [3.05, 3.63) is 30.3 Å². The summed E-state index contributed by atoms with van der Waals surface area (Å²) >= 11 is 1.70. The highest BCUT2D eigenvalue weighted by Crippen LogP contribution is 2.18. The van der Waals surface area contributed by atoms with E-state index in [1.807, 2.05) is 30.3 Å². The second-order valence-corrected chi connectivity index (χ2v) is 4.17. The number of aldehydes is 1. The van der Waals surface area contributed by atoms with E-state index in [0.29, 0.717) is 6.42 Å². The molecule has 1 aromatic carbocycles. The summed E-state index contributed by atoms with van der Waals surface area (Å²) in [7, 11) is 0. The lowest BCUT2D eigenvalue weighted by Gasteiger charge is -2.05. The van der Waals surface area contributed by atoms with Crippen LogP contribution in [0.25, 0.3) is 0 Å². The summed E-state index contributed by atoms with van der Waals surface area (Å²) in [6, 6.07) is 10.0. The Morgan fingerprint density at radius 3 is 2.71 bits per heavy atom. The molecule has 0 heterocycles. The summed E-state index contributed by atoms with van der Waals surface area (Å²) in [6.07, 6.45) is 1.19. The van der Waals surface area contributed by atoms with Crippen LogP contribution in [0.5, 0.6) is 0 Å². The van der Waals surface area contributed by atoms with Crippen LogP contribution >= 0.6 is 11.8 Å². The van der Waals surface area contributed by atoms with Crippen molar-refractivity contribution in [3.63, 3.8) is 0 Å². The van der Waals surface area contributed by atoms with Gasteiger partial charge in [0.1, 0.15) is 6.29 Å². The minimum absolute atomic E-state index is 0.245. The SMILES string of the molecule is O=CC[C@@H](O)CCSc1ccccc1. The number of hydrogen-bond donors (Lipinski definition) is 1. The molecular formula is C11H14O2S. The molecule has 76 valence electrons. The molecule has 0 unspecified atom stereocenters. The molecule has 2 nitrogen and oxygen atoms in total. The number of rotatable bonds is 6. The van der Waals surface area contributed by atoms with Gasteiger partial charge >= 0.3 is 0 Å². The zero-order valence-electron chi connectivity index (χ0n) is 7.93. The molecule has 3 heteroatoms. The number of aliphatic hydroxyl groups is 1. The lowest BCUT2D eigenvalue weighted by atomic mass is 10.2. The average molecular weight is 210 g/mol. The lowest BCUT2D eigenvalue weighted by Crippen LogP contribution is -2.07. The second kappa shape index (κ2) is 6.62. The van der Waals surface area contributed by atoms with Gasteiger partial charge in [0.2, 0.25) is 0 Å². The maximum absolute atomic E-state index is 10.1. The van der Waals surface area contributed by atoms with Crippen LogP contribution in [0.2, 0.25) is 0 Å². The fraction of sp³-hybridized carbons (Fsp3) is 0.364. The minimum atomic E-state index is -0.483. The maximum atomic E-state index is 10.1. The molecule has 1 N–H and O–H groups in total. The summed E-state index contributed by atoms with van der Waals surface area (Å²) in [6.45, 7) is 0. The van der Waals surface area contributed by atoms with Crippen LogP contribution in [-0.2, 0) is 4.79 Å². The van der Waals surface area contributed by atoms with Crippen LogP contribution in [0.15, 0.2) is 35.2 Å². The highest BCUT2D eigenvalue weighted by molar-refractivity contribution is 7.99. The standard InChI is InChI=1S/C11H14O2S/c12-8-6-10(13)7-9-14-11-4-2-1-3-5-11/h1-5,8,10,13H,6-7,9H2/t10-/m1/s1. The van der Waals surface area contributed by atoms with E-state index in [9.17, 15) is 9.90 Å². The van der Waals surface area contributed by atoms with Crippen LogP contribution in [0.3, 0.4) is 0 Å². The van der Waals surface area contributed by atoms with E-state index >= 15 is 0 Å². The van der Waals surface area contributed by atoms with E-state index < -0.39 is 6.10 Å². The smallest absolute Gasteiger partial charge is 0.122 e. The fourth-order valence-corrected chi connectivity index (χ4v) is 2.03. The number of benzene rings is 1. The minimum Gasteiger partial charge on any atom is -0.393 e. The van der Waals surface area contributed by atoms with Gasteiger partial charge in [-0.25, -0.2) is 0 Å². The van der Waals surface area contributed by atoms with E-state index in [1.54, 1.807) is 11.8 Å². The van der Waals surface area contributed by atoms with Crippen LogP contribution in [0.4, 0.5) is 0 Å². The molecule has 0 saturated carbocycles. The summed E-state index contributed by atoms with van der Waals surface area (Å²) in [5.41, 5.74) is 0. The third kappa shape index (κ3) is 4.44. The van der Waals surface area contributed by atoms with E-state index in [1.165, 1.54) is 4.90 Å². The molecule has 1 atom stereocenters. The fourth-order valence-electron chi connectivity index (χ4n) is 1.06. The highest BCUT2D eigenvalue weighted by atomic mass is 32.2. The van der Waals surface area contributed by atoms with E-state index in [4.69, 9.17) is 0 Å². The van der Waals surface area contributed by atoms with Crippen molar-refractivity contribution in [2.24, 2.45) is 0 Å². The first-order chi connectivity index (χ1) is 6.83. The second-order valence-electron chi connectivity index (χ2n) is 3.01. The van der Waals surface area contributed by atoms with Gasteiger partial charge in [-0.3, -0.25) is 0 Å². The number of carbonyl (C=O) groups excluding carboxylic acids is 1. The molecule has 1 rings (SSSR count). The Bertz CT molecular complexity index is 261. The molecule has 0 bridgehead atoms. The largest absolute Gasteiger partial charge is 0.393 e. The molecular weight excluding hydrogens is 196 g/mol. The maximum Gasteiger partial charge on any atom is 0.122 e. The number of carbonyl (C=O) groups is 1. The zero-order chi connectivity index (χ0) is 10.2. The Labute approximate surface area is 88.3 Å². The molecule has 1 aromatic rings. The third-order valence-corrected chi connectivity index (χ3v) is 2.88. The Morgan fingerprint density at radius 1 is 1.36 bits per heavy atom. The molecule has 0 aliphatic rings. The van der Waals surface area contributed by atoms with Crippen LogP contribution in [0.1, 0.15) is 12.8 Å². The van der Waals surface area contributed by atoms with Crippen molar-refractivity contribution in [1.29, 1.82) is 0 Å². The van der Waals surface area contributed by atoms with Gasteiger partial charge in [0.15, 0.2) is 0 Å². The molecule has 0 aliphatic carbocycles. The molecule has 0 saturated heterocycles. The molecule has 0 spiro atoms. The summed E-state index contributed by atoms with van der Waals surface area (Å²) < 4.78 is 0. The van der Waals surface area contributed by atoms with Gasteiger partial charge in [-0.05, 0) is 18.6 Å². The van der Waals surface area contributed by atoms with Gasteiger partial charge in [-0.15, -0.1) is 11.8 Å². The Balaban J connectivity index is 2.18. The van der Waals surface area contributed by atoms with Crippen LogP contribution in [0, 0.1) is 0 Å². The van der Waals surface area contributed by atoms with Gasteiger partial charge in [0.05, 0.1) is 6.10 Å². The molecule has 0 aliphatic heterocycles. The predicted octanol–water partition coefficient (Wildman–Crippen LogP) is 2.12. The van der Waals surface area contributed by atoms with Gasteiger partial charge in [0, 0.05) is 17.1 Å². The number of hydrogen-bond acceptors (Lipinski definition) is 3. The summed E-state index contributed by atoms with van der Waals surface area (Å²) in [4.78, 5) is 11.3. The zero-order valence-corrected chi connectivity index (χ0v) is 8.74. The highest BCUT2D eigenvalue weighted by Gasteiger charge is 2.02. The van der Waals surface area contributed by atoms with Crippen LogP contribution < -0.4 is 0 Å². The summed E-state index contributed by atoms with van der Waals surface area (Å²) in [5, 5.41) is 9.28. The first-order valence-electron chi connectivity index (χ1n) is 4.62. The number of thioether (sulfide) groups is 1. The average Bonchev–Trinajstić information content (AvgIpc) is 2.20. The van der Waals surface area contributed by atoms with Gasteiger partial charge in [-0.1, -0.05) is 18.2 Å². The van der Waals surface area contributed by atoms with Crippen molar-refractivity contribution < 1.29 is 9.90 Å². The van der Waals surface area contributed by atoms with Crippen molar-refractivity contribution in [2.75, 3.05) is 5.75 Å². The van der Waals surface area contributed by atoms with Crippen molar-refractivity contribution in [3.8, 4) is 0 Å². The first-order valence-corrected chi connectivity index (χ1v) is 5.61. The molecule has 0 amide bonds. The third-order valence-electron chi connectivity index (χ3n) is 1.83.